The Labute approximate surface area is 138 Å². The second-order valence-corrected chi connectivity index (χ2v) is 5.43. The number of hydrogen-bond acceptors (Lipinski definition) is 4. The smallest absolute Gasteiger partial charge is 0.282 e. The van der Waals surface area contributed by atoms with Crippen LogP contribution >= 0.6 is 0 Å². The Morgan fingerprint density at radius 2 is 1.62 bits per heavy atom. The van der Waals surface area contributed by atoms with Crippen LogP contribution < -0.4 is 10.6 Å². The first kappa shape index (κ1) is 17.1. The minimum Gasteiger partial charge on any atom is -0.350 e. The van der Waals surface area contributed by atoms with Gasteiger partial charge in [0.15, 0.2) is 0 Å². The molecule has 0 spiro atoms. The van der Waals surface area contributed by atoms with Gasteiger partial charge in [-0.2, -0.15) is 0 Å². The van der Waals surface area contributed by atoms with Gasteiger partial charge in [-0.3, -0.25) is 19.7 Å². The van der Waals surface area contributed by atoms with Gasteiger partial charge in [0.2, 0.25) is 0 Å². The fourth-order valence-electron chi connectivity index (χ4n) is 2.07. The quantitative estimate of drug-likeness (QED) is 0.651. The van der Waals surface area contributed by atoms with Gasteiger partial charge in [0.05, 0.1) is 4.92 Å². The molecule has 2 aromatic rings. The van der Waals surface area contributed by atoms with Crippen molar-refractivity contribution in [3.8, 4) is 0 Å². The molecule has 24 heavy (non-hydrogen) atoms. The van der Waals surface area contributed by atoms with Gasteiger partial charge in [-0.05, 0) is 44.2 Å². The highest BCUT2D eigenvalue weighted by Crippen LogP contribution is 2.19. The molecule has 0 atom stereocenters. The Morgan fingerprint density at radius 1 is 1.00 bits per heavy atom. The molecular weight excluding hydrogens is 310 g/mol. The molecule has 0 bridgehead atoms. The molecule has 2 amide bonds. The first-order valence-electron chi connectivity index (χ1n) is 7.34. The molecule has 0 aliphatic rings. The second-order valence-electron chi connectivity index (χ2n) is 5.43. The molecule has 0 radical (unpaired) electrons. The molecule has 2 N–H and O–H groups in total. The van der Waals surface area contributed by atoms with Gasteiger partial charge in [0, 0.05) is 23.4 Å². The van der Waals surface area contributed by atoms with E-state index in [0.29, 0.717) is 11.3 Å². The number of rotatable bonds is 5. The molecule has 7 heteroatoms. The molecule has 0 aromatic heterocycles. The van der Waals surface area contributed by atoms with Crippen LogP contribution in [0.15, 0.2) is 48.5 Å². The van der Waals surface area contributed by atoms with E-state index in [1.165, 1.54) is 18.2 Å². The van der Waals surface area contributed by atoms with Crippen LogP contribution in [0.25, 0.3) is 0 Å². The van der Waals surface area contributed by atoms with E-state index in [4.69, 9.17) is 0 Å². The molecule has 2 aromatic carbocycles. The van der Waals surface area contributed by atoms with Crippen LogP contribution in [0.2, 0.25) is 0 Å². The van der Waals surface area contributed by atoms with E-state index < -0.39 is 10.8 Å². The molecule has 0 aliphatic carbocycles. The summed E-state index contributed by atoms with van der Waals surface area (Å²) < 4.78 is 0. The van der Waals surface area contributed by atoms with Crippen molar-refractivity contribution >= 4 is 23.2 Å². The molecule has 0 fully saturated rings. The first-order chi connectivity index (χ1) is 11.4. The Hall–Kier alpha value is -3.22. The maximum atomic E-state index is 12.2. The third-order valence-corrected chi connectivity index (χ3v) is 3.17. The van der Waals surface area contributed by atoms with Crippen molar-refractivity contribution in [2.75, 3.05) is 5.32 Å². The fraction of sp³-hybridized carbons (Fsp3) is 0.176. The Balaban J connectivity index is 2.13. The third-order valence-electron chi connectivity index (χ3n) is 3.17. The van der Waals surface area contributed by atoms with Gasteiger partial charge in [0.1, 0.15) is 5.56 Å². The predicted octanol–water partition coefficient (Wildman–Crippen LogP) is 2.99. The lowest BCUT2D eigenvalue weighted by molar-refractivity contribution is -0.385. The van der Waals surface area contributed by atoms with Crippen LogP contribution in [-0.2, 0) is 0 Å². The molecule has 0 saturated carbocycles. The van der Waals surface area contributed by atoms with Gasteiger partial charge < -0.3 is 10.6 Å². The maximum Gasteiger partial charge on any atom is 0.282 e. The van der Waals surface area contributed by atoms with Crippen molar-refractivity contribution in [2.24, 2.45) is 0 Å². The molecule has 7 nitrogen and oxygen atoms in total. The molecule has 0 aliphatic heterocycles. The highest BCUT2D eigenvalue weighted by molar-refractivity contribution is 6.07. The Morgan fingerprint density at radius 3 is 2.21 bits per heavy atom. The Bertz CT molecular complexity index is 770. The van der Waals surface area contributed by atoms with E-state index in [1.807, 2.05) is 13.8 Å². The lowest BCUT2D eigenvalue weighted by atomic mass is 10.1. The van der Waals surface area contributed by atoms with E-state index >= 15 is 0 Å². The van der Waals surface area contributed by atoms with Crippen molar-refractivity contribution in [3.05, 3.63) is 69.8 Å². The molecular formula is C17H17N3O4. The number of carbonyl (C=O) groups excluding carboxylic acids is 2. The predicted molar refractivity (Wildman–Crippen MR) is 90.1 cm³/mol. The van der Waals surface area contributed by atoms with Gasteiger partial charge in [-0.15, -0.1) is 0 Å². The number of anilines is 1. The zero-order valence-electron chi connectivity index (χ0n) is 13.3. The summed E-state index contributed by atoms with van der Waals surface area (Å²) in [5, 5.41) is 16.3. The van der Waals surface area contributed by atoms with Crippen molar-refractivity contribution in [1.29, 1.82) is 0 Å². The summed E-state index contributed by atoms with van der Waals surface area (Å²) in [4.78, 5) is 34.4. The average Bonchev–Trinajstić information content (AvgIpc) is 2.54. The molecule has 124 valence electrons. The normalized spacial score (nSPS) is 10.3. The minimum absolute atomic E-state index is 0.0236. The zero-order valence-corrected chi connectivity index (χ0v) is 13.3. The number of para-hydroxylation sites is 1. The highest BCUT2D eigenvalue weighted by atomic mass is 16.6. The van der Waals surface area contributed by atoms with E-state index in [0.717, 1.165) is 0 Å². The number of hydrogen-bond donors (Lipinski definition) is 2. The maximum absolute atomic E-state index is 12.2. The number of nitrogens with one attached hydrogen (secondary N) is 2. The molecule has 0 heterocycles. The summed E-state index contributed by atoms with van der Waals surface area (Å²) in [6, 6.07) is 12.0. The molecule has 0 unspecified atom stereocenters. The molecule has 0 saturated heterocycles. The Kier molecular flexibility index (Phi) is 5.26. The van der Waals surface area contributed by atoms with Crippen molar-refractivity contribution in [2.45, 2.75) is 19.9 Å². The average molecular weight is 327 g/mol. The van der Waals surface area contributed by atoms with E-state index in [-0.39, 0.29) is 23.2 Å². The van der Waals surface area contributed by atoms with Gasteiger partial charge in [-0.25, -0.2) is 0 Å². The largest absolute Gasteiger partial charge is 0.350 e. The summed E-state index contributed by atoms with van der Waals surface area (Å²) >= 11 is 0. The lowest BCUT2D eigenvalue weighted by Crippen LogP contribution is -2.30. The van der Waals surface area contributed by atoms with Crippen LogP contribution in [0.1, 0.15) is 34.6 Å². The van der Waals surface area contributed by atoms with Crippen LogP contribution in [0.3, 0.4) is 0 Å². The minimum atomic E-state index is -0.603. The number of nitrogens with zero attached hydrogens (tertiary/aromatic N) is 1. The van der Waals surface area contributed by atoms with Gasteiger partial charge in [-0.1, -0.05) is 12.1 Å². The summed E-state index contributed by atoms with van der Waals surface area (Å²) in [5.41, 5.74) is 0.624. The van der Waals surface area contributed by atoms with Gasteiger partial charge >= 0.3 is 0 Å². The number of carbonyl (C=O) groups is 2. The summed E-state index contributed by atoms with van der Waals surface area (Å²) in [5.74, 6) is -0.789. The lowest BCUT2D eigenvalue weighted by Gasteiger charge is -2.09. The topological polar surface area (TPSA) is 101 Å². The zero-order chi connectivity index (χ0) is 17.7. The van der Waals surface area contributed by atoms with E-state index in [9.17, 15) is 19.7 Å². The summed E-state index contributed by atoms with van der Waals surface area (Å²) in [6.07, 6.45) is 0. The van der Waals surface area contributed by atoms with E-state index in [1.54, 1.807) is 30.3 Å². The SMILES string of the molecule is CC(C)NC(=O)c1ccc(NC(=O)c2ccccc2[N+](=O)[O-])cc1. The van der Waals surface area contributed by atoms with Crippen molar-refractivity contribution in [1.82, 2.24) is 5.32 Å². The number of nitro benzene ring substituents is 1. The van der Waals surface area contributed by atoms with Crippen LogP contribution in [-0.4, -0.2) is 22.8 Å². The molecule has 2 rings (SSSR count). The first-order valence-corrected chi connectivity index (χ1v) is 7.34. The fourth-order valence-corrected chi connectivity index (χ4v) is 2.07. The van der Waals surface area contributed by atoms with E-state index in [2.05, 4.69) is 10.6 Å². The monoisotopic (exact) mass is 327 g/mol. The standard InChI is InChI=1S/C17H17N3O4/c1-11(2)18-16(21)12-7-9-13(10-8-12)19-17(22)14-5-3-4-6-15(14)20(23)24/h3-11H,1-2H3,(H,18,21)(H,19,22). The van der Waals surface area contributed by atoms with Crippen molar-refractivity contribution < 1.29 is 14.5 Å². The van der Waals surface area contributed by atoms with Crippen LogP contribution in [0.4, 0.5) is 11.4 Å². The number of benzene rings is 2. The third kappa shape index (κ3) is 4.16. The van der Waals surface area contributed by atoms with Gasteiger partial charge in [0.25, 0.3) is 17.5 Å². The number of amides is 2. The van der Waals surface area contributed by atoms with Crippen LogP contribution in [0.5, 0.6) is 0 Å². The number of nitro groups is 1. The second kappa shape index (κ2) is 7.36. The summed E-state index contributed by atoms with van der Waals surface area (Å²) in [6.45, 7) is 3.72. The highest BCUT2D eigenvalue weighted by Gasteiger charge is 2.19. The summed E-state index contributed by atoms with van der Waals surface area (Å²) in [7, 11) is 0. The van der Waals surface area contributed by atoms with Crippen LogP contribution in [0, 0.1) is 10.1 Å². The van der Waals surface area contributed by atoms with Crippen molar-refractivity contribution in [3.63, 3.8) is 0 Å².